The van der Waals surface area contributed by atoms with E-state index in [0.29, 0.717) is 30.1 Å². The van der Waals surface area contributed by atoms with Gasteiger partial charge in [-0.3, -0.25) is 0 Å². The van der Waals surface area contributed by atoms with Crippen molar-refractivity contribution in [3.8, 4) is 17.2 Å². The van der Waals surface area contributed by atoms with Crippen LogP contribution in [-0.2, 0) is 14.6 Å². The SMILES string of the molecule is COC(=O)c1cc(Oc2ccc(S(=O)(=O)C3CC3)nc2)cc(OC(C)C)c1. The number of aromatic nitrogens is 1. The van der Waals surface area contributed by atoms with Crippen LogP contribution in [0.1, 0.15) is 37.0 Å². The number of hydrogen-bond donors (Lipinski definition) is 0. The summed E-state index contributed by atoms with van der Waals surface area (Å²) in [5, 5.41) is -0.270. The first-order valence-electron chi connectivity index (χ1n) is 8.57. The maximum absolute atomic E-state index is 12.2. The minimum atomic E-state index is -3.34. The van der Waals surface area contributed by atoms with E-state index in [-0.39, 0.29) is 21.9 Å². The number of methoxy groups -OCH3 is 1. The Labute approximate surface area is 158 Å². The fraction of sp³-hybridized carbons (Fsp3) is 0.368. The normalized spacial score (nSPS) is 14.1. The summed E-state index contributed by atoms with van der Waals surface area (Å²) in [7, 11) is -2.05. The maximum Gasteiger partial charge on any atom is 0.338 e. The number of sulfone groups is 1. The summed E-state index contributed by atoms with van der Waals surface area (Å²) in [6.07, 6.45) is 2.63. The summed E-state index contributed by atoms with van der Waals surface area (Å²) in [4.78, 5) is 15.9. The summed E-state index contributed by atoms with van der Waals surface area (Å²) in [5.41, 5.74) is 0.284. The van der Waals surface area contributed by atoms with Gasteiger partial charge in [-0.15, -0.1) is 0 Å². The molecule has 2 aromatic rings. The van der Waals surface area contributed by atoms with Gasteiger partial charge in [0.25, 0.3) is 0 Å². The molecule has 0 amide bonds. The third-order valence-electron chi connectivity index (χ3n) is 3.87. The summed E-state index contributed by atoms with van der Waals surface area (Å²) in [6, 6.07) is 7.70. The summed E-state index contributed by atoms with van der Waals surface area (Å²) >= 11 is 0. The Bertz CT molecular complexity index is 933. The van der Waals surface area contributed by atoms with Crippen LogP contribution in [0.2, 0.25) is 0 Å². The molecule has 0 atom stereocenters. The molecule has 27 heavy (non-hydrogen) atoms. The van der Waals surface area contributed by atoms with Crippen molar-refractivity contribution in [1.29, 1.82) is 0 Å². The molecule has 3 rings (SSSR count). The molecule has 1 saturated carbocycles. The van der Waals surface area contributed by atoms with Gasteiger partial charge in [0.1, 0.15) is 17.2 Å². The standard InChI is InChI=1S/C19H21NO6S/c1-12(2)25-15-8-13(19(21)24-3)9-16(10-15)26-14-4-7-18(20-11-14)27(22,23)17-5-6-17/h4,7-12,17H,5-6H2,1-3H3. The highest BCUT2D eigenvalue weighted by atomic mass is 32.2. The van der Waals surface area contributed by atoms with E-state index in [9.17, 15) is 13.2 Å². The maximum atomic E-state index is 12.2. The van der Waals surface area contributed by atoms with Crippen molar-refractivity contribution >= 4 is 15.8 Å². The van der Waals surface area contributed by atoms with Crippen LogP contribution in [0.3, 0.4) is 0 Å². The third kappa shape index (κ3) is 4.57. The van der Waals surface area contributed by atoms with Crippen LogP contribution in [0.4, 0.5) is 0 Å². The van der Waals surface area contributed by atoms with Crippen molar-refractivity contribution in [3.63, 3.8) is 0 Å². The van der Waals surface area contributed by atoms with Crippen LogP contribution in [-0.4, -0.2) is 37.8 Å². The van der Waals surface area contributed by atoms with Gasteiger partial charge in [0.05, 0.1) is 30.2 Å². The Kier molecular flexibility index (Phi) is 5.36. The van der Waals surface area contributed by atoms with Gasteiger partial charge < -0.3 is 14.2 Å². The number of benzene rings is 1. The van der Waals surface area contributed by atoms with Crippen molar-refractivity contribution in [2.75, 3.05) is 7.11 Å². The Morgan fingerprint density at radius 1 is 1.11 bits per heavy atom. The van der Waals surface area contributed by atoms with Crippen molar-refractivity contribution in [1.82, 2.24) is 4.98 Å². The fourth-order valence-corrected chi connectivity index (χ4v) is 4.04. The van der Waals surface area contributed by atoms with Crippen molar-refractivity contribution in [3.05, 3.63) is 42.1 Å². The minimum absolute atomic E-state index is 0.0458. The predicted octanol–water partition coefficient (Wildman–Crippen LogP) is 3.38. The first kappa shape index (κ1) is 19.2. The van der Waals surface area contributed by atoms with Gasteiger partial charge in [-0.2, -0.15) is 0 Å². The average Bonchev–Trinajstić information content (AvgIpc) is 3.46. The lowest BCUT2D eigenvalue weighted by molar-refractivity contribution is 0.0599. The Hall–Kier alpha value is -2.61. The van der Waals surface area contributed by atoms with E-state index in [1.54, 1.807) is 12.1 Å². The number of pyridine rings is 1. The number of esters is 1. The van der Waals surface area contributed by atoms with Crippen LogP contribution in [0.25, 0.3) is 0 Å². The number of ether oxygens (including phenoxy) is 3. The molecular formula is C19H21NO6S. The van der Waals surface area contributed by atoms with Crippen LogP contribution < -0.4 is 9.47 Å². The Morgan fingerprint density at radius 2 is 1.81 bits per heavy atom. The molecule has 1 aromatic carbocycles. The van der Waals surface area contributed by atoms with Gasteiger partial charge in [0, 0.05) is 6.07 Å². The minimum Gasteiger partial charge on any atom is -0.491 e. The number of hydrogen-bond acceptors (Lipinski definition) is 7. The predicted molar refractivity (Wildman–Crippen MR) is 98.1 cm³/mol. The zero-order valence-corrected chi connectivity index (χ0v) is 16.2. The van der Waals surface area contributed by atoms with Crippen LogP contribution >= 0.6 is 0 Å². The van der Waals surface area contributed by atoms with E-state index in [2.05, 4.69) is 4.98 Å². The highest BCUT2D eigenvalue weighted by Crippen LogP contribution is 2.33. The molecule has 0 N–H and O–H groups in total. The summed E-state index contributed by atoms with van der Waals surface area (Å²) in [5.74, 6) is 0.650. The zero-order chi connectivity index (χ0) is 19.6. The molecule has 0 unspecified atom stereocenters. The van der Waals surface area contributed by atoms with Crippen LogP contribution in [0.15, 0.2) is 41.6 Å². The van der Waals surface area contributed by atoms with Crippen molar-refractivity contribution in [2.24, 2.45) is 0 Å². The van der Waals surface area contributed by atoms with E-state index >= 15 is 0 Å². The Morgan fingerprint density at radius 3 is 2.37 bits per heavy atom. The van der Waals surface area contributed by atoms with Gasteiger partial charge in [-0.05, 0) is 51.0 Å². The van der Waals surface area contributed by atoms with Crippen molar-refractivity contribution in [2.45, 2.75) is 43.1 Å². The quantitative estimate of drug-likeness (QED) is 0.668. The highest BCUT2D eigenvalue weighted by Gasteiger charge is 2.37. The number of carbonyl (C=O) groups is 1. The van der Waals surface area contributed by atoms with E-state index in [0.717, 1.165) is 0 Å². The molecular weight excluding hydrogens is 370 g/mol. The van der Waals surface area contributed by atoms with E-state index < -0.39 is 15.8 Å². The lowest BCUT2D eigenvalue weighted by atomic mass is 10.2. The second kappa shape index (κ2) is 7.56. The average molecular weight is 391 g/mol. The smallest absolute Gasteiger partial charge is 0.338 e. The summed E-state index contributed by atoms with van der Waals surface area (Å²) < 4.78 is 40.5. The van der Waals surface area contributed by atoms with Crippen molar-refractivity contribution < 1.29 is 27.4 Å². The molecule has 0 spiro atoms. The van der Waals surface area contributed by atoms with Gasteiger partial charge in [-0.1, -0.05) is 0 Å². The molecule has 1 aliphatic rings. The molecule has 1 aromatic heterocycles. The molecule has 1 heterocycles. The molecule has 0 aliphatic heterocycles. The molecule has 1 fully saturated rings. The van der Waals surface area contributed by atoms with Gasteiger partial charge in [0.15, 0.2) is 14.9 Å². The van der Waals surface area contributed by atoms with E-state index in [1.807, 2.05) is 13.8 Å². The highest BCUT2D eigenvalue weighted by molar-refractivity contribution is 7.92. The molecule has 144 valence electrons. The summed E-state index contributed by atoms with van der Waals surface area (Å²) in [6.45, 7) is 3.74. The van der Waals surface area contributed by atoms with E-state index in [1.165, 1.54) is 31.5 Å². The number of nitrogens with zero attached hydrogens (tertiary/aromatic N) is 1. The van der Waals surface area contributed by atoms with Crippen LogP contribution in [0, 0.1) is 0 Å². The lowest BCUT2D eigenvalue weighted by Gasteiger charge is -2.13. The van der Waals surface area contributed by atoms with Gasteiger partial charge >= 0.3 is 5.97 Å². The van der Waals surface area contributed by atoms with Gasteiger partial charge in [0.2, 0.25) is 0 Å². The molecule has 0 bridgehead atoms. The number of carbonyl (C=O) groups excluding carboxylic acids is 1. The molecule has 0 radical (unpaired) electrons. The third-order valence-corrected chi connectivity index (χ3v) is 6.05. The number of rotatable bonds is 7. The molecule has 0 saturated heterocycles. The zero-order valence-electron chi connectivity index (χ0n) is 15.3. The Balaban J connectivity index is 1.84. The van der Waals surface area contributed by atoms with E-state index in [4.69, 9.17) is 14.2 Å². The monoisotopic (exact) mass is 391 g/mol. The molecule has 7 nitrogen and oxygen atoms in total. The topological polar surface area (TPSA) is 91.8 Å². The molecule has 8 heteroatoms. The first-order chi connectivity index (χ1) is 12.8. The largest absolute Gasteiger partial charge is 0.491 e. The second-order valence-corrected chi connectivity index (χ2v) is 8.70. The first-order valence-corrected chi connectivity index (χ1v) is 10.1. The lowest BCUT2D eigenvalue weighted by Crippen LogP contribution is -2.09. The molecule has 1 aliphatic carbocycles. The van der Waals surface area contributed by atoms with Gasteiger partial charge in [-0.25, -0.2) is 18.2 Å². The fourth-order valence-electron chi connectivity index (χ4n) is 2.49. The second-order valence-electron chi connectivity index (χ2n) is 6.53. The van der Waals surface area contributed by atoms with Crippen LogP contribution in [0.5, 0.6) is 17.2 Å².